The van der Waals surface area contributed by atoms with Crippen LogP contribution < -0.4 is 4.90 Å². The maximum Gasteiger partial charge on any atom is 0.152 e. The van der Waals surface area contributed by atoms with E-state index in [1.807, 2.05) is 0 Å². The molecule has 0 radical (unpaired) electrons. The van der Waals surface area contributed by atoms with Gasteiger partial charge in [0.1, 0.15) is 5.82 Å². The van der Waals surface area contributed by atoms with Crippen molar-refractivity contribution < 1.29 is 9.18 Å². The lowest BCUT2D eigenvalue weighted by atomic mass is 10.1. The van der Waals surface area contributed by atoms with E-state index in [1.165, 1.54) is 25.0 Å². The highest BCUT2D eigenvalue weighted by atomic mass is 19.1. The zero-order valence-corrected chi connectivity index (χ0v) is 11.2. The van der Waals surface area contributed by atoms with Crippen molar-refractivity contribution in [2.45, 2.75) is 31.3 Å². The number of nitrogens with zero attached hydrogens (tertiary/aromatic N) is 2. The first-order valence-corrected chi connectivity index (χ1v) is 6.90. The van der Waals surface area contributed by atoms with E-state index in [2.05, 4.69) is 16.8 Å². The second-order valence-corrected chi connectivity index (χ2v) is 5.61. The van der Waals surface area contributed by atoms with Crippen LogP contribution in [0.15, 0.2) is 18.2 Å². The summed E-state index contributed by atoms with van der Waals surface area (Å²) >= 11 is 0. The fourth-order valence-electron chi connectivity index (χ4n) is 3.44. The van der Waals surface area contributed by atoms with Crippen LogP contribution in [-0.4, -0.2) is 43.4 Å². The van der Waals surface area contributed by atoms with Gasteiger partial charge in [-0.05, 0) is 44.5 Å². The highest BCUT2D eigenvalue weighted by Gasteiger charge is 2.35. The van der Waals surface area contributed by atoms with Crippen LogP contribution in [0.3, 0.4) is 0 Å². The summed E-state index contributed by atoms with van der Waals surface area (Å²) in [7, 11) is 2.19. The number of rotatable bonds is 2. The summed E-state index contributed by atoms with van der Waals surface area (Å²) in [5, 5.41) is 0. The minimum absolute atomic E-state index is 0.348. The molecule has 3 rings (SSSR count). The van der Waals surface area contributed by atoms with Crippen LogP contribution in [0.4, 0.5) is 10.1 Å². The van der Waals surface area contributed by atoms with Gasteiger partial charge < -0.3 is 4.90 Å². The van der Waals surface area contributed by atoms with Gasteiger partial charge in [0, 0.05) is 36.4 Å². The van der Waals surface area contributed by atoms with Gasteiger partial charge >= 0.3 is 0 Å². The number of halogens is 1. The van der Waals surface area contributed by atoms with Crippen molar-refractivity contribution in [3.05, 3.63) is 29.6 Å². The predicted octanol–water partition coefficient (Wildman–Crippen LogP) is 2.31. The average Bonchev–Trinajstić information content (AvgIpc) is 2.64. The van der Waals surface area contributed by atoms with Gasteiger partial charge in [-0.25, -0.2) is 4.39 Å². The number of hydrogen-bond acceptors (Lipinski definition) is 3. The molecule has 0 spiro atoms. The smallest absolute Gasteiger partial charge is 0.152 e. The molecule has 3 nitrogen and oxygen atoms in total. The largest absolute Gasteiger partial charge is 0.369 e. The monoisotopic (exact) mass is 262 g/mol. The SMILES string of the molecule is CN1C2CCC1CN(c1ccc(F)cc1C=O)CC2. The fraction of sp³-hybridized carbons (Fsp3) is 0.533. The lowest BCUT2D eigenvalue weighted by molar-refractivity contribution is 0.112. The third-order valence-corrected chi connectivity index (χ3v) is 4.61. The van der Waals surface area contributed by atoms with Gasteiger partial charge in [-0.3, -0.25) is 9.69 Å². The summed E-state index contributed by atoms with van der Waals surface area (Å²) in [6.07, 6.45) is 4.36. The average molecular weight is 262 g/mol. The fourth-order valence-corrected chi connectivity index (χ4v) is 3.44. The quantitative estimate of drug-likeness (QED) is 0.764. The second-order valence-electron chi connectivity index (χ2n) is 5.61. The van der Waals surface area contributed by atoms with Crippen LogP contribution in [0, 0.1) is 5.82 Å². The number of hydrogen-bond donors (Lipinski definition) is 0. The maximum absolute atomic E-state index is 13.2. The standard InChI is InChI=1S/C15H19FN2O/c1-17-13-3-4-14(17)9-18(7-6-13)15-5-2-12(16)8-11(15)10-19/h2,5,8,10,13-14H,3-4,6-7,9H2,1H3. The van der Waals surface area contributed by atoms with E-state index >= 15 is 0 Å². The van der Waals surface area contributed by atoms with Gasteiger partial charge in [0.15, 0.2) is 6.29 Å². The number of aldehydes is 1. The molecule has 19 heavy (non-hydrogen) atoms. The Morgan fingerprint density at radius 2 is 2.05 bits per heavy atom. The van der Waals surface area contributed by atoms with Gasteiger partial charge in [0.2, 0.25) is 0 Å². The van der Waals surface area contributed by atoms with E-state index in [0.29, 0.717) is 17.6 Å². The molecule has 4 heteroatoms. The molecule has 2 atom stereocenters. The molecule has 2 fully saturated rings. The molecule has 2 aliphatic heterocycles. The molecule has 1 aromatic carbocycles. The summed E-state index contributed by atoms with van der Waals surface area (Å²) in [6, 6.07) is 5.72. The summed E-state index contributed by atoms with van der Waals surface area (Å²) in [5.41, 5.74) is 1.33. The third kappa shape index (κ3) is 2.25. The van der Waals surface area contributed by atoms with E-state index in [4.69, 9.17) is 0 Å². The Kier molecular flexibility index (Phi) is 3.27. The molecule has 0 aromatic heterocycles. The highest BCUT2D eigenvalue weighted by molar-refractivity contribution is 5.84. The van der Waals surface area contributed by atoms with Crippen LogP contribution in [0.5, 0.6) is 0 Å². The topological polar surface area (TPSA) is 23.6 Å². The molecule has 2 aliphatic rings. The number of likely N-dealkylation sites (N-methyl/N-ethyl adjacent to an activating group) is 1. The summed E-state index contributed by atoms with van der Waals surface area (Å²) in [5.74, 6) is -0.348. The van der Waals surface area contributed by atoms with Crippen molar-refractivity contribution >= 4 is 12.0 Å². The Labute approximate surface area is 113 Å². The highest BCUT2D eigenvalue weighted by Crippen LogP contribution is 2.31. The first-order chi connectivity index (χ1) is 9.19. The normalized spacial score (nSPS) is 27.4. The Morgan fingerprint density at radius 3 is 2.84 bits per heavy atom. The summed E-state index contributed by atoms with van der Waals surface area (Å²) < 4.78 is 13.2. The molecule has 0 saturated carbocycles. The lowest BCUT2D eigenvalue weighted by Gasteiger charge is -2.28. The van der Waals surface area contributed by atoms with Crippen LogP contribution in [-0.2, 0) is 0 Å². The van der Waals surface area contributed by atoms with Crippen molar-refractivity contribution in [1.29, 1.82) is 0 Å². The molecule has 2 bridgehead atoms. The number of carbonyl (C=O) groups excluding carboxylic acids is 1. The first-order valence-electron chi connectivity index (χ1n) is 6.90. The Hall–Kier alpha value is -1.42. The molecule has 0 aliphatic carbocycles. The molecule has 0 N–H and O–H groups in total. The van der Waals surface area contributed by atoms with Crippen molar-refractivity contribution in [3.63, 3.8) is 0 Å². The molecule has 102 valence electrons. The van der Waals surface area contributed by atoms with Crippen molar-refractivity contribution in [2.75, 3.05) is 25.0 Å². The number of anilines is 1. The number of carbonyl (C=O) groups is 1. The Morgan fingerprint density at radius 1 is 1.26 bits per heavy atom. The summed E-state index contributed by atoms with van der Waals surface area (Å²) in [6.45, 7) is 1.87. The van der Waals surface area contributed by atoms with E-state index in [0.717, 1.165) is 31.5 Å². The minimum atomic E-state index is -0.348. The lowest BCUT2D eigenvalue weighted by Crippen LogP contribution is -2.37. The van der Waals surface area contributed by atoms with E-state index < -0.39 is 0 Å². The molecular weight excluding hydrogens is 243 g/mol. The zero-order chi connectivity index (χ0) is 13.4. The molecule has 2 heterocycles. The maximum atomic E-state index is 13.2. The third-order valence-electron chi connectivity index (χ3n) is 4.61. The second kappa shape index (κ2) is 4.93. The number of benzene rings is 1. The molecule has 2 unspecified atom stereocenters. The van der Waals surface area contributed by atoms with Gasteiger partial charge in [-0.15, -0.1) is 0 Å². The van der Waals surface area contributed by atoms with E-state index in [9.17, 15) is 9.18 Å². The molecule has 0 amide bonds. The number of fused-ring (bicyclic) bond motifs is 2. The van der Waals surface area contributed by atoms with Crippen molar-refractivity contribution in [3.8, 4) is 0 Å². The zero-order valence-electron chi connectivity index (χ0n) is 11.2. The van der Waals surface area contributed by atoms with Gasteiger partial charge in [0.05, 0.1) is 0 Å². The Balaban J connectivity index is 1.88. The minimum Gasteiger partial charge on any atom is -0.369 e. The van der Waals surface area contributed by atoms with Crippen LogP contribution in [0.1, 0.15) is 29.6 Å². The van der Waals surface area contributed by atoms with Crippen LogP contribution in [0.2, 0.25) is 0 Å². The van der Waals surface area contributed by atoms with Crippen molar-refractivity contribution in [2.24, 2.45) is 0 Å². The van der Waals surface area contributed by atoms with Crippen molar-refractivity contribution in [1.82, 2.24) is 4.90 Å². The summed E-state index contributed by atoms with van der Waals surface area (Å²) in [4.78, 5) is 15.8. The molecular formula is C15H19FN2O. The first kappa shape index (κ1) is 12.6. The van der Waals surface area contributed by atoms with E-state index in [1.54, 1.807) is 6.07 Å². The van der Waals surface area contributed by atoms with Gasteiger partial charge in [-0.2, -0.15) is 0 Å². The van der Waals surface area contributed by atoms with Crippen LogP contribution >= 0.6 is 0 Å². The Bertz CT molecular complexity index is 491. The van der Waals surface area contributed by atoms with E-state index in [-0.39, 0.29) is 5.82 Å². The predicted molar refractivity (Wildman–Crippen MR) is 73.2 cm³/mol. The molecule has 2 saturated heterocycles. The van der Waals surface area contributed by atoms with Crippen LogP contribution in [0.25, 0.3) is 0 Å². The van der Waals surface area contributed by atoms with Gasteiger partial charge in [0.25, 0.3) is 0 Å². The van der Waals surface area contributed by atoms with Gasteiger partial charge in [-0.1, -0.05) is 0 Å². The molecule has 1 aromatic rings.